The molecule has 8 rings (SSSR count). The number of rotatable bonds is 6. The molecule has 11 heteroatoms. The van der Waals surface area contributed by atoms with Crippen molar-refractivity contribution in [3.63, 3.8) is 0 Å². The number of halogens is 1. The number of aromatic hydroxyl groups is 1. The van der Waals surface area contributed by atoms with E-state index in [1.807, 2.05) is 36.4 Å². The van der Waals surface area contributed by atoms with Gasteiger partial charge in [-0.2, -0.15) is 0 Å². The van der Waals surface area contributed by atoms with Crippen LogP contribution in [-0.2, 0) is 24.6 Å². The number of amides is 4. The number of carboxylic acids is 1. The molecule has 0 radical (unpaired) electrons. The second-order valence-electron chi connectivity index (χ2n) is 13.4. The van der Waals surface area contributed by atoms with E-state index >= 15 is 4.79 Å². The zero-order valence-electron chi connectivity index (χ0n) is 27.2. The number of phenols is 1. The van der Waals surface area contributed by atoms with Crippen molar-refractivity contribution in [2.75, 3.05) is 16.9 Å². The molecule has 4 aliphatic rings. The van der Waals surface area contributed by atoms with E-state index in [0.717, 1.165) is 10.5 Å². The lowest BCUT2D eigenvalue weighted by molar-refractivity contribution is -0.127. The summed E-state index contributed by atoms with van der Waals surface area (Å²) in [4.78, 5) is 72.7. The molecular formula is C40H31ClN2O8. The number of methoxy groups -OCH3 is 1. The molecule has 2 aliphatic heterocycles. The molecule has 2 N–H and O–H groups in total. The molecule has 4 aromatic rings. The van der Waals surface area contributed by atoms with E-state index in [0.29, 0.717) is 21.8 Å². The number of aromatic carboxylic acids is 1. The number of hydrogen-bond acceptors (Lipinski definition) is 7. The van der Waals surface area contributed by atoms with Gasteiger partial charge in [0.05, 0.1) is 47.2 Å². The van der Waals surface area contributed by atoms with Gasteiger partial charge < -0.3 is 14.9 Å². The maximum absolute atomic E-state index is 15.3. The van der Waals surface area contributed by atoms with Gasteiger partial charge in [0.15, 0.2) is 11.5 Å². The third kappa shape index (κ3) is 4.66. The van der Waals surface area contributed by atoms with Crippen molar-refractivity contribution in [1.82, 2.24) is 0 Å². The molecule has 0 aromatic heterocycles. The fourth-order valence-corrected chi connectivity index (χ4v) is 9.21. The predicted molar refractivity (Wildman–Crippen MR) is 187 cm³/mol. The van der Waals surface area contributed by atoms with E-state index < -0.39 is 64.6 Å². The third-order valence-electron chi connectivity index (χ3n) is 11.1. The highest BCUT2D eigenvalue weighted by Crippen LogP contribution is 2.64. The first-order valence-corrected chi connectivity index (χ1v) is 16.9. The minimum absolute atomic E-state index is 0.0652. The molecule has 2 saturated heterocycles. The van der Waals surface area contributed by atoms with Crippen LogP contribution in [0.4, 0.5) is 11.4 Å². The quantitative estimate of drug-likeness (QED) is 0.181. The minimum atomic E-state index is -1.49. The summed E-state index contributed by atoms with van der Waals surface area (Å²) < 4.78 is 5.51. The van der Waals surface area contributed by atoms with E-state index in [4.69, 9.17) is 16.3 Å². The van der Waals surface area contributed by atoms with Crippen LogP contribution in [0.3, 0.4) is 0 Å². The van der Waals surface area contributed by atoms with Crippen LogP contribution in [0.15, 0.2) is 109 Å². The maximum Gasteiger partial charge on any atom is 0.335 e. The Bertz CT molecular complexity index is 2200. The van der Waals surface area contributed by atoms with Crippen molar-refractivity contribution >= 4 is 52.6 Å². The van der Waals surface area contributed by atoms with E-state index in [-0.39, 0.29) is 35.6 Å². The Morgan fingerprint density at radius 3 is 2.25 bits per heavy atom. The number of imide groups is 2. The van der Waals surface area contributed by atoms with Crippen LogP contribution in [0.1, 0.15) is 40.2 Å². The van der Waals surface area contributed by atoms with Crippen LogP contribution in [0.5, 0.6) is 11.5 Å². The molecule has 1 saturated carbocycles. The highest BCUT2D eigenvalue weighted by molar-refractivity contribution is 6.32. The number of fused-ring (bicyclic) bond motifs is 4. The molecule has 4 amide bonds. The number of benzene rings is 4. The lowest BCUT2D eigenvalue weighted by atomic mass is 9.49. The molecule has 0 bridgehead atoms. The Morgan fingerprint density at radius 1 is 0.824 bits per heavy atom. The number of carboxylic acid groups (broad SMARTS) is 1. The number of ether oxygens (including phenoxy) is 1. The number of nitrogens with zero attached hydrogens (tertiary/aromatic N) is 2. The van der Waals surface area contributed by atoms with Gasteiger partial charge in [-0.15, -0.1) is 0 Å². The third-order valence-corrected chi connectivity index (χ3v) is 11.3. The van der Waals surface area contributed by atoms with E-state index in [2.05, 4.69) is 0 Å². The first-order chi connectivity index (χ1) is 24.6. The molecule has 2 heterocycles. The fraction of sp³-hybridized carbons (Fsp3) is 0.225. The van der Waals surface area contributed by atoms with Crippen molar-refractivity contribution in [3.8, 4) is 11.5 Å². The number of phenolic OH excluding ortho intramolecular Hbond substituents is 1. The summed E-state index contributed by atoms with van der Waals surface area (Å²) >= 11 is 6.37. The average molecular weight is 703 g/mol. The Hall–Kier alpha value is -5.74. The van der Waals surface area contributed by atoms with Crippen LogP contribution >= 0.6 is 11.6 Å². The predicted octanol–water partition coefficient (Wildman–Crippen LogP) is 6.12. The SMILES string of the molecule is COc1cc([C@H]2C3=CC[C@@H]4C(=O)N(c5cccc(C(=O)O)c5)C(=O)[C@@H]4[C@@H]3C[C@H]3C(=O)N(c4cccc(Cl)c4)C(=O)[C@@]23c2ccccc2)ccc1O. The maximum atomic E-state index is 15.3. The second-order valence-corrected chi connectivity index (χ2v) is 13.8. The summed E-state index contributed by atoms with van der Waals surface area (Å²) in [6, 6.07) is 26.2. The van der Waals surface area contributed by atoms with Crippen LogP contribution in [-0.4, -0.2) is 46.9 Å². The molecule has 6 atom stereocenters. The smallest absolute Gasteiger partial charge is 0.335 e. The normalized spacial score (nSPS) is 26.8. The van der Waals surface area contributed by atoms with Gasteiger partial charge in [0.25, 0.3) is 0 Å². The van der Waals surface area contributed by atoms with Crippen molar-refractivity contribution in [2.24, 2.45) is 23.7 Å². The number of carbonyl (C=O) groups is 5. The van der Waals surface area contributed by atoms with Crippen molar-refractivity contribution in [3.05, 3.63) is 130 Å². The van der Waals surface area contributed by atoms with Gasteiger partial charge in [-0.05, 0) is 78.4 Å². The van der Waals surface area contributed by atoms with Crippen LogP contribution < -0.4 is 14.5 Å². The van der Waals surface area contributed by atoms with Crippen molar-refractivity contribution in [2.45, 2.75) is 24.2 Å². The average Bonchev–Trinajstić information content (AvgIpc) is 3.53. The lowest BCUT2D eigenvalue weighted by Crippen LogP contribution is -2.53. The molecule has 4 aromatic carbocycles. The molecule has 0 unspecified atom stereocenters. The summed E-state index contributed by atoms with van der Waals surface area (Å²) in [5, 5.41) is 20.6. The topological polar surface area (TPSA) is 142 Å². The number of allylic oxidation sites excluding steroid dienone is 2. The van der Waals surface area contributed by atoms with Crippen molar-refractivity contribution in [1.29, 1.82) is 0 Å². The molecule has 3 fully saturated rings. The van der Waals surface area contributed by atoms with Gasteiger partial charge in [0.2, 0.25) is 23.6 Å². The molecule has 256 valence electrons. The van der Waals surface area contributed by atoms with Crippen molar-refractivity contribution < 1.29 is 38.9 Å². The summed E-state index contributed by atoms with van der Waals surface area (Å²) in [5.74, 6) is -7.00. The number of carbonyl (C=O) groups excluding carboxylic acids is 4. The van der Waals surface area contributed by atoms with Crippen LogP contribution in [0, 0.1) is 23.7 Å². The van der Waals surface area contributed by atoms with Gasteiger partial charge in [-0.3, -0.25) is 24.1 Å². The zero-order chi connectivity index (χ0) is 35.8. The highest BCUT2D eigenvalue weighted by Gasteiger charge is 2.70. The van der Waals surface area contributed by atoms with E-state index in [9.17, 15) is 29.4 Å². The van der Waals surface area contributed by atoms with Crippen LogP contribution in [0.2, 0.25) is 5.02 Å². The largest absolute Gasteiger partial charge is 0.504 e. The second kappa shape index (κ2) is 11.9. The zero-order valence-corrected chi connectivity index (χ0v) is 28.0. The Balaban J connectivity index is 1.34. The standard InChI is InChI=1S/C40H31ClN2O8/c1-51-32-18-21(13-16-31(32)44)34-27-14-15-28-33(37(47)42(35(28)45)25-11-5-7-22(17-25)38(48)49)29(27)20-30-36(46)43(26-12-6-10-24(41)19-26)39(50)40(30,34)23-8-3-2-4-9-23/h2-14,16-19,28-30,33-34,44H,15,20H2,1H3,(H,48,49)/t28-,29+,30-,33-,34-,40+/m0/s1. The van der Waals surface area contributed by atoms with E-state index in [1.165, 1.54) is 42.3 Å². The van der Waals surface area contributed by atoms with Crippen LogP contribution in [0.25, 0.3) is 0 Å². The number of hydrogen-bond donors (Lipinski definition) is 2. The van der Waals surface area contributed by atoms with Gasteiger partial charge in [0.1, 0.15) is 0 Å². The number of anilines is 2. The monoisotopic (exact) mass is 702 g/mol. The first-order valence-electron chi connectivity index (χ1n) is 16.6. The first kappa shape index (κ1) is 32.5. The van der Waals surface area contributed by atoms with E-state index in [1.54, 1.807) is 36.4 Å². The van der Waals surface area contributed by atoms with Gasteiger partial charge in [0, 0.05) is 10.9 Å². The summed E-state index contributed by atoms with van der Waals surface area (Å²) in [7, 11) is 1.42. The highest BCUT2D eigenvalue weighted by atomic mass is 35.5. The van der Waals surface area contributed by atoms with Gasteiger partial charge >= 0.3 is 5.97 Å². The molecule has 2 aliphatic carbocycles. The molecule has 0 spiro atoms. The summed E-state index contributed by atoms with van der Waals surface area (Å²) in [6.07, 6.45) is 2.22. The summed E-state index contributed by atoms with van der Waals surface area (Å²) in [6.45, 7) is 0. The fourth-order valence-electron chi connectivity index (χ4n) is 9.03. The Morgan fingerprint density at radius 2 is 1.55 bits per heavy atom. The van der Waals surface area contributed by atoms with Gasteiger partial charge in [-0.25, -0.2) is 9.69 Å². The van der Waals surface area contributed by atoms with Gasteiger partial charge in [-0.1, -0.05) is 71.8 Å². The Labute approximate surface area is 297 Å². The summed E-state index contributed by atoms with van der Waals surface area (Å²) in [5.41, 5.74) is 0.858. The minimum Gasteiger partial charge on any atom is -0.504 e. The molecule has 51 heavy (non-hydrogen) atoms. The molecule has 10 nitrogen and oxygen atoms in total. The molecular weight excluding hydrogens is 672 g/mol. The lowest BCUT2D eigenvalue weighted by Gasteiger charge is -2.50. The Kier molecular flexibility index (Phi) is 7.61.